The first kappa shape index (κ1) is 14.3. The van der Waals surface area contributed by atoms with E-state index in [0.717, 1.165) is 5.56 Å². The number of anilines is 1. The number of rotatable bonds is 2. The number of hydrogen-bond acceptors (Lipinski definition) is 3. The van der Waals surface area contributed by atoms with Gasteiger partial charge in [-0.3, -0.25) is 9.69 Å². The van der Waals surface area contributed by atoms with E-state index in [2.05, 4.69) is 0 Å². The summed E-state index contributed by atoms with van der Waals surface area (Å²) in [5, 5.41) is 0. The maximum atomic E-state index is 12.4. The van der Waals surface area contributed by atoms with E-state index >= 15 is 0 Å². The second-order valence-electron chi connectivity index (χ2n) is 5.14. The average molecular weight is 295 g/mol. The predicted octanol–water partition coefficient (Wildman–Crippen LogP) is 3.98. The monoisotopic (exact) mass is 295 g/mol. The normalized spacial score (nSPS) is 17.0. The van der Waals surface area contributed by atoms with E-state index in [1.54, 1.807) is 24.0 Å². The summed E-state index contributed by atoms with van der Waals surface area (Å²) >= 11 is 0. The van der Waals surface area contributed by atoms with Crippen LogP contribution in [0.3, 0.4) is 0 Å². The van der Waals surface area contributed by atoms with Gasteiger partial charge in [0.25, 0.3) is 0 Å². The van der Waals surface area contributed by atoms with Crippen LogP contribution in [0, 0.1) is 0 Å². The number of carbonyl (C=O) groups is 2. The highest BCUT2D eigenvalue weighted by molar-refractivity contribution is 6.08. The van der Waals surface area contributed by atoms with Crippen molar-refractivity contribution in [3.05, 3.63) is 65.7 Å². The van der Waals surface area contributed by atoms with Crippen molar-refractivity contribution in [1.82, 2.24) is 0 Å². The summed E-state index contributed by atoms with van der Waals surface area (Å²) in [6, 6.07) is 16.4. The van der Waals surface area contributed by atoms with Crippen molar-refractivity contribution in [2.24, 2.45) is 0 Å². The lowest BCUT2D eigenvalue weighted by Gasteiger charge is -2.35. The van der Waals surface area contributed by atoms with Gasteiger partial charge in [0.2, 0.25) is 0 Å². The van der Waals surface area contributed by atoms with Gasteiger partial charge >= 0.3 is 6.09 Å². The SMILES string of the molecule is CCOC(=O)N1c2ccccc2C(=O)C[C@H]1c1ccccc1. The molecule has 0 saturated heterocycles. The Bertz CT molecular complexity index is 696. The van der Waals surface area contributed by atoms with E-state index in [4.69, 9.17) is 4.74 Å². The molecule has 0 spiro atoms. The van der Waals surface area contributed by atoms with E-state index in [1.165, 1.54) is 0 Å². The van der Waals surface area contributed by atoms with Gasteiger partial charge in [-0.1, -0.05) is 42.5 Å². The second-order valence-corrected chi connectivity index (χ2v) is 5.14. The average Bonchev–Trinajstić information content (AvgIpc) is 2.56. The molecule has 4 nitrogen and oxygen atoms in total. The largest absolute Gasteiger partial charge is 0.449 e. The van der Waals surface area contributed by atoms with Gasteiger partial charge in [-0.15, -0.1) is 0 Å². The third kappa shape index (κ3) is 2.48. The summed E-state index contributed by atoms with van der Waals surface area (Å²) in [7, 11) is 0. The van der Waals surface area contributed by atoms with Crippen LogP contribution in [-0.4, -0.2) is 18.5 Å². The van der Waals surface area contributed by atoms with E-state index < -0.39 is 6.09 Å². The highest BCUT2D eigenvalue weighted by Gasteiger charge is 2.36. The van der Waals surface area contributed by atoms with Gasteiger partial charge in [0, 0.05) is 12.0 Å². The Balaban J connectivity index is 2.10. The fourth-order valence-electron chi connectivity index (χ4n) is 2.82. The smallest absolute Gasteiger partial charge is 0.414 e. The minimum absolute atomic E-state index is 0.0463. The number of benzene rings is 2. The van der Waals surface area contributed by atoms with E-state index in [-0.39, 0.29) is 18.2 Å². The van der Waals surface area contributed by atoms with Crippen LogP contribution in [0.4, 0.5) is 10.5 Å². The Hall–Kier alpha value is -2.62. The highest BCUT2D eigenvalue weighted by atomic mass is 16.6. The number of ketones is 1. The van der Waals surface area contributed by atoms with Gasteiger partial charge in [0.05, 0.1) is 18.3 Å². The lowest BCUT2D eigenvalue weighted by molar-refractivity contribution is 0.0963. The molecule has 0 aliphatic carbocycles. The minimum Gasteiger partial charge on any atom is -0.449 e. The Labute approximate surface area is 129 Å². The Morgan fingerprint density at radius 3 is 2.55 bits per heavy atom. The molecule has 0 N–H and O–H groups in total. The third-order valence-electron chi connectivity index (χ3n) is 3.80. The molecule has 2 aromatic rings. The zero-order chi connectivity index (χ0) is 15.5. The zero-order valence-corrected chi connectivity index (χ0v) is 12.4. The number of carbonyl (C=O) groups excluding carboxylic acids is 2. The molecule has 22 heavy (non-hydrogen) atoms. The molecular formula is C18H17NO3. The van der Waals surface area contributed by atoms with Crippen LogP contribution >= 0.6 is 0 Å². The molecule has 2 aromatic carbocycles. The molecule has 1 aliphatic rings. The van der Waals surface area contributed by atoms with Crippen LogP contribution in [0.5, 0.6) is 0 Å². The maximum Gasteiger partial charge on any atom is 0.414 e. The van der Waals surface area contributed by atoms with Crippen LogP contribution < -0.4 is 4.90 Å². The lowest BCUT2D eigenvalue weighted by Crippen LogP contribution is -2.40. The molecule has 1 atom stereocenters. The fourth-order valence-corrected chi connectivity index (χ4v) is 2.82. The van der Waals surface area contributed by atoms with E-state index in [1.807, 2.05) is 42.5 Å². The van der Waals surface area contributed by atoms with Crippen molar-refractivity contribution < 1.29 is 14.3 Å². The first-order valence-corrected chi connectivity index (χ1v) is 7.35. The van der Waals surface area contributed by atoms with Crippen LogP contribution in [0.25, 0.3) is 0 Å². The predicted molar refractivity (Wildman–Crippen MR) is 84.1 cm³/mol. The number of fused-ring (bicyclic) bond motifs is 1. The molecule has 0 saturated carbocycles. The minimum atomic E-state index is -0.420. The van der Waals surface area contributed by atoms with E-state index in [9.17, 15) is 9.59 Å². The van der Waals surface area contributed by atoms with Crippen LogP contribution in [-0.2, 0) is 4.74 Å². The van der Waals surface area contributed by atoms with Crippen molar-refractivity contribution in [2.75, 3.05) is 11.5 Å². The van der Waals surface area contributed by atoms with Gasteiger partial charge in [-0.25, -0.2) is 4.79 Å². The van der Waals surface area contributed by atoms with Gasteiger partial charge in [-0.05, 0) is 24.6 Å². The number of Topliss-reactive ketones (excluding diaryl/α,β-unsaturated/α-hetero) is 1. The number of nitrogens with zero attached hydrogens (tertiary/aromatic N) is 1. The molecule has 0 radical (unpaired) electrons. The molecule has 4 heteroatoms. The summed E-state index contributed by atoms with van der Waals surface area (Å²) < 4.78 is 5.20. The molecule has 0 unspecified atom stereocenters. The number of ether oxygens (including phenoxy) is 1. The maximum absolute atomic E-state index is 12.4. The van der Waals surface area contributed by atoms with Gasteiger partial charge in [-0.2, -0.15) is 0 Å². The summed E-state index contributed by atoms with van der Waals surface area (Å²) in [6.45, 7) is 2.07. The van der Waals surface area contributed by atoms with Gasteiger partial charge < -0.3 is 4.74 Å². The molecule has 1 heterocycles. The number of hydrogen-bond donors (Lipinski definition) is 0. The van der Waals surface area contributed by atoms with Crippen molar-refractivity contribution >= 4 is 17.6 Å². The second kappa shape index (κ2) is 6.02. The van der Waals surface area contributed by atoms with Crippen LogP contribution in [0.15, 0.2) is 54.6 Å². The molecule has 112 valence electrons. The van der Waals surface area contributed by atoms with Crippen molar-refractivity contribution in [2.45, 2.75) is 19.4 Å². The Morgan fingerprint density at radius 1 is 1.14 bits per heavy atom. The third-order valence-corrected chi connectivity index (χ3v) is 3.80. The van der Waals surface area contributed by atoms with E-state index in [0.29, 0.717) is 17.9 Å². The topological polar surface area (TPSA) is 46.6 Å². The first-order chi connectivity index (χ1) is 10.7. The molecule has 0 aromatic heterocycles. The van der Waals surface area contributed by atoms with Gasteiger partial charge in [0.1, 0.15) is 0 Å². The standard InChI is InChI=1S/C18H17NO3/c1-2-22-18(21)19-15-11-7-6-10-14(15)17(20)12-16(19)13-8-4-3-5-9-13/h3-11,16H,2,12H2,1H3/t16-/m0/s1. The summed E-state index contributed by atoms with van der Waals surface area (Å²) in [4.78, 5) is 26.5. The van der Waals surface area contributed by atoms with Crippen molar-refractivity contribution in [3.63, 3.8) is 0 Å². The van der Waals surface area contributed by atoms with Crippen LogP contribution in [0.1, 0.15) is 35.3 Å². The first-order valence-electron chi connectivity index (χ1n) is 7.35. The zero-order valence-electron chi connectivity index (χ0n) is 12.4. The molecular weight excluding hydrogens is 278 g/mol. The van der Waals surface area contributed by atoms with Crippen LogP contribution in [0.2, 0.25) is 0 Å². The quantitative estimate of drug-likeness (QED) is 0.842. The summed E-state index contributed by atoms with van der Waals surface area (Å²) in [6.07, 6.45) is -0.156. The number of para-hydroxylation sites is 1. The Morgan fingerprint density at radius 2 is 1.82 bits per heavy atom. The molecule has 0 bridgehead atoms. The fraction of sp³-hybridized carbons (Fsp3) is 0.222. The molecule has 3 rings (SSSR count). The lowest BCUT2D eigenvalue weighted by atomic mass is 9.90. The Kier molecular flexibility index (Phi) is 3.92. The van der Waals surface area contributed by atoms with Crippen molar-refractivity contribution in [1.29, 1.82) is 0 Å². The van der Waals surface area contributed by atoms with Crippen molar-refractivity contribution in [3.8, 4) is 0 Å². The summed E-state index contributed by atoms with van der Waals surface area (Å²) in [5.74, 6) is 0.0463. The molecule has 1 aliphatic heterocycles. The highest BCUT2D eigenvalue weighted by Crippen LogP contribution is 2.38. The number of amides is 1. The van der Waals surface area contributed by atoms with Gasteiger partial charge in [0.15, 0.2) is 5.78 Å². The molecule has 1 amide bonds. The summed E-state index contributed by atoms with van der Waals surface area (Å²) in [5.41, 5.74) is 2.12. The molecule has 0 fully saturated rings.